The van der Waals surface area contributed by atoms with Gasteiger partial charge in [0.25, 0.3) is 0 Å². The highest BCUT2D eigenvalue weighted by molar-refractivity contribution is 6.29. The third-order valence-electron chi connectivity index (χ3n) is 1.24. The topological polar surface area (TPSA) is 35.0 Å². The Kier molecular flexibility index (Phi) is 2.65. The molecule has 0 spiro atoms. The van der Waals surface area contributed by atoms with Gasteiger partial charge in [0.1, 0.15) is 11.0 Å². The van der Waals surface area contributed by atoms with Crippen LogP contribution in [0.4, 0.5) is 0 Å². The highest BCUT2D eigenvalue weighted by Gasteiger charge is 1.99. The van der Waals surface area contributed by atoms with Crippen molar-refractivity contribution >= 4 is 11.6 Å². The van der Waals surface area contributed by atoms with Crippen molar-refractivity contribution in [2.24, 2.45) is 0 Å². The Morgan fingerprint density at radius 2 is 2.27 bits per heavy atom. The molecule has 1 rings (SSSR count). The first kappa shape index (κ1) is 8.27. The fourth-order valence-corrected chi connectivity index (χ4v) is 0.896. The molecule has 0 saturated carbocycles. The van der Waals surface area contributed by atoms with E-state index in [0.29, 0.717) is 16.9 Å². The van der Waals surface area contributed by atoms with Crippen LogP contribution in [0.5, 0.6) is 5.88 Å². The van der Waals surface area contributed by atoms with E-state index in [1.807, 2.05) is 6.92 Å². The molecule has 3 nitrogen and oxygen atoms in total. The summed E-state index contributed by atoms with van der Waals surface area (Å²) >= 11 is 5.68. The number of ether oxygens (including phenoxy) is 1. The molecule has 1 heterocycles. The van der Waals surface area contributed by atoms with Gasteiger partial charge in [-0.15, -0.1) is 0 Å². The minimum atomic E-state index is 0.425. The smallest absolute Gasteiger partial charge is 0.217 e. The van der Waals surface area contributed by atoms with Crippen LogP contribution in [0.3, 0.4) is 0 Å². The fourth-order valence-electron chi connectivity index (χ4n) is 0.705. The van der Waals surface area contributed by atoms with Crippen molar-refractivity contribution in [1.29, 1.82) is 0 Å². The second kappa shape index (κ2) is 3.53. The standard InChI is InChI=1S/C7H9ClN2O/c1-3-6-9-5(8)4-7(10-6)11-2/h4H,3H2,1-2H3. The van der Waals surface area contributed by atoms with Gasteiger partial charge in [-0.1, -0.05) is 18.5 Å². The van der Waals surface area contributed by atoms with E-state index >= 15 is 0 Å². The molecule has 0 amide bonds. The van der Waals surface area contributed by atoms with Gasteiger partial charge in [-0.25, -0.2) is 4.98 Å². The molecular formula is C7H9ClN2O. The molecule has 0 aliphatic carbocycles. The average Bonchev–Trinajstić information content (AvgIpc) is 2.03. The van der Waals surface area contributed by atoms with E-state index in [2.05, 4.69) is 9.97 Å². The van der Waals surface area contributed by atoms with E-state index in [4.69, 9.17) is 16.3 Å². The van der Waals surface area contributed by atoms with Crippen LogP contribution in [-0.4, -0.2) is 17.1 Å². The molecule has 4 heteroatoms. The zero-order valence-electron chi connectivity index (χ0n) is 6.47. The van der Waals surface area contributed by atoms with Gasteiger partial charge in [0.2, 0.25) is 5.88 Å². The Labute approximate surface area is 70.4 Å². The first-order valence-electron chi connectivity index (χ1n) is 3.33. The first-order valence-corrected chi connectivity index (χ1v) is 3.71. The summed E-state index contributed by atoms with van der Waals surface area (Å²) in [5.74, 6) is 1.22. The van der Waals surface area contributed by atoms with E-state index < -0.39 is 0 Å². The van der Waals surface area contributed by atoms with Crippen molar-refractivity contribution in [3.8, 4) is 5.88 Å². The lowest BCUT2D eigenvalue weighted by Crippen LogP contribution is -1.96. The Hall–Kier alpha value is -0.830. The molecular weight excluding hydrogens is 164 g/mol. The second-order valence-corrected chi connectivity index (χ2v) is 2.39. The van der Waals surface area contributed by atoms with Gasteiger partial charge >= 0.3 is 0 Å². The lowest BCUT2D eigenvalue weighted by Gasteiger charge is -2.00. The highest BCUT2D eigenvalue weighted by atomic mass is 35.5. The molecule has 0 fully saturated rings. The van der Waals surface area contributed by atoms with Gasteiger partial charge < -0.3 is 4.74 Å². The maximum absolute atomic E-state index is 5.68. The molecule has 1 aromatic heterocycles. The van der Waals surface area contributed by atoms with E-state index in [0.717, 1.165) is 6.42 Å². The zero-order chi connectivity index (χ0) is 8.27. The van der Waals surface area contributed by atoms with Gasteiger partial charge in [0.15, 0.2) is 0 Å². The van der Waals surface area contributed by atoms with Crippen LogP contribution < -0.4 is 4.74 Å². The Morgan fingerprint density at radius 1 is 1.55 bits per heavy atom. The molecule has 60 valence electrons. The summed E-state index contributed by atoms with van der Waals surface area (Å²) in [6, 6.07) is 1.58. The number of nitrogens with zero attached hydrogens (tertiary/aromatic N) is 2. The molecule has 0 aromatic carbocycles. The lowest BCUT2D eigenvalue weighted by atomic mass is 10.4. The van der Waals surface area contributed by atoms with Gasteiger partial charge in [0, 0.05) is 12.5 Å². The molecule has 11 heavy (non-hydrogen) atoms. The number of aromatic nitrogens is 2. The Morgan fingerprint density at radius 3 is 2.82 bits per heavy atom. The van der Waals surface area contributed by atoms with Gasteiger partial charge in [-0.05, 0) is 0 Å². The Bertz CT molecular complexity index is 230. The number of rotatable bonds is 2. The molecule has 0 N–H and O–H groups in total. The monoisotopic (exact) mass is 172 g/mol. The van der Waals surface area contributed by atoms with Gasteiger partial charge in [-0.2, -0.15) is 4.98 Å². The number of aryl methyl sites for hydroxylation is 1. The van der Waals surface area contributed by atoms with Crippen LogP contribution in [0.2, 0.25) is 5.15 Å². The second-order valence-electron chi connectivity index (χ2n) is 2.00. The van der Waals surface area contributed by atoms with E-state index in [1.54, 1.807) is 13.2 Å². The maximum atomic E-state index is 5.68. The SMILES string of the molecule is CCc1nc(Cl)cc(OC)n1. The fraction of sp³-hybridized carbons (Fsp3) is 0.429. The molecule has 1 aromatic rings. The van der Waals surface area contributed by atoms with Crippen LogP contribution in [0, 0.1) is 0 Å². The van der Waals surface area contributed by atoms with Crippen molar-refractivity contribution in [2.45, 2.75) is 13.3 Å². The summed E-state index contributed by atoms with van der Waals surface area (Å²) in [5, 5.41) is 0.425. The third kappa shape index (κ3) is 2.05. The van der Waals surface area contributed by atoms with Crippen molar-refractivity contribution in [1.82, 2.24) is 9.97 Å². The van der Waals surface area contributed by atoms with Crippen molar-refractivity contribution in [3.63, 3.8) is 0 Å². The summed E-state index contributed by atoms with van der Waals surface area (Å²) in [7, 11) is 1.55. The van der Waals surface area contributed by atoms with Gasteiger partial charge in [-0.3, -0.25) is 0 Å². The molecule has 0 unspecified atom stereocenters. The number of methoxy groups -OCH3 is 1. The van der Waals surface area contributed by atoms with E-state index in [9.17, 15) is 0 Å². The maximum Gasteiger partial charge on any atom is 0.217 e. The largest absolute Gasteiger partial charge is 0.481 e. The van der Waals surface area contributed by atoms with Crippen molar-refractivity contribution < 1.29 is 4.74 Å². The minimum Gasteiger partial charge on any atom is -0.481 e. The van der Waals surface area contributed by atoms with E-state index in [1.165, 1.54) is 0 Å². The van der Waals surface area contributed by atoms with Crippen LogP contribution in [0.25, 0.3) is 0 Å². The summed E-state index contributed by atoms with van der Waals surface area (Å²) in [4.78, 5) is 8.03. The normalized spacial score (nSPS) is 9.73. The molecule has 0 bridgehead atoms. The summed E-state index contributed by atoms with van der Waals surface area (Å²) in [5.41, 5.74) is 0. The lowest BCUT2D eigenvalue weighted by molar-refractivity contribution is 0.395. The number of hydrogen-bond donors (Lipinski definition) is 0. The van der Waals surface area contributed by atoms with Crippen LogP contribution >= 0.6 is 11.6 Å². The minimum absolute atomic E-state index is 0.425. The quantitative estimate of drug-likeness (QED) is 0.637. The summed E-state index contributed by atoms with van der Waals surface area (Å²) in [6.07, 6.45) is 0.761. The summed E-state index contributed by atoms with van der Waals surface area (Å²) < 4.78 is 4.90. The first-order chi connectivity index (χ1) is 5.26. The zero-order valence-corrected chi connectivity index (χ0v) is 7.22. The predicted octanol–water partition coefficient (Wildman–Crippen LogP) is 1.70. The van der Waals surface area contributed by atoms with E-state index in [-0.39, 0.29) is 0 Å². The predicted molar refractivity (Wildman–Crippen MR) is 43.0 cm³/mol. The Balaban J connectivity index is 3.02. The number of hydrogen-bond acceptors (Lipinski definition) is 3. The number of halogens is 1. The summed E-state index contributed by atoms with van der Waals surface area (Å²) in [6.45, 7) is 1.96. The van der Waals surface area contributed by atoms with Crippen LogP contribution in [0.1, 0.15) is 12.7 Å². The third-order valence-corrected chi connectivity index (χ3v) is 1.44. The molecule has 0 atom stereocenters. The average molecular weight is 173 g/mol. The van der Waals surface area contributed by atoms with Crippen molar-refractivity contribution in [3.05, 3.63) is 17.0 Å². The molecule has 0 saturated heterocycles. The highest BCUT2D eigenvalue weighted by Crippen LogP contribution is 2.12. The van der Waals surface area contributed by atoms with Crippen LogP contribution in [-0.2, 0) is 6.42 Å². The van der Waals surface area contributed by atoms with Crippen LogP contribution in [0.15, 0.2) is 6.07 Å². The molecule has 0 radical (unpaired) electrons. The van der Waals surface area contributed by atoms with Crippen molar-refractivity contribution in [2.75, 3.05) is 7.11 Å². The molecule has 0 aliphatic rings. The molecule has 0 aliphatic heterocycles. The van der Waals surface area contributed by atoms with Gasteiger partial charge in [0.05, 0.1) is 7.11 Å².